The second-order valence-corrected chi connectivity index (χ2v) is 4.12. The van der Waals surface area contributed by atoms with Crippen LogP contribution in [0.5, 0.6) is 0 Å². The lowest BCUT2D eigenvalue weighted by Crippen LogP contribution is -2.45. The van der Waals surface area contributed by atoms with Crippen LogP contribution in [0.15, 0.2) is 24.3 Å². The molecule has 0 aromatic heterocycles. The predicted molar refractivity (Wildman–Crippen MR) is 65.5 cm³/mol. The monoisotopic (exact) mass is 232 g/mol. The van der Waals surface area contributed by atoms with Crippen molar-refractivity contribution >= 4 is 11.6 Å². The third kappa shape index (κ3) is 2.63. The molecule has 1 aromatic carbocycles. The summed E-state index contributed by atoms with van der Waals surface area (Å²) in [5, 5.41) is 18.9. The molecule has 0 bridgehead atoms. The Morgan fingerprint density at radius 1 is 1.53 bits per heavy atom. The van der Waals surface area contributed by atoms with Gasteiger partial charge in [-0.2, -0.15) is 5.26 Å². The third-order valence-corrected chi connectivity index (χ3v) is 2.84. The second kappa shape index (κ2) is 4.98. The summed E-state index contributed by atoms with van der Waals surface area (Å²) >= 11 is 0. The van der Waals surface area contributed by atoms with Gasteiger partial charge in [0.1, 0.15) is 11.7 Å². The zero-order valence-electron chi connectivity index (χ0n) is 10.3. The first kappa shape index (κ1) is 13.2. The number of rotatable bonds is 3. The number of anilines is 1. The number of nitriles is 1. The zero-order chi connectivity index (χ0) is 13.1. The van der Waals surface area contributed by atoms with Crippen LogP contribution in [-0.2, 0) is 4.79 Å². The molecular weight excluding hydrogens is 216 g/mol. The van der Waals surface area contributed by atoms with Crippen LogP contribution in [0.4, 0.5) is 5.69 Å². The number of carbonyl (C=O) groups excluding carboxylic acids is 1. The Morgan fingerprint density at radius 3 is 2.65 bits per heavy atom. The molecular formula is C13H16N2O2. The zero-order valence-corrected chi connectivity index (χ0v) is 10.3. The fourth-order valence-corrected chi connectivity index (χ4v) is 1.48. The summed E-state index contributed by atoms with van der Waals surface area (Å²) in [7, 11) is 1.56. The highest BCUT2D eigenvalue weighted by Gasteiger charge is 2.32. The van der Waals surface area contributed by atoms with Crippen LogP contribution in [0.25, 0.3) is 0 Å². The second-order valence-electron chi connectivity index (χ2n) is 4.12. The van der Waals surface area contributed by atoms with Gasteiger partial charge in [-0.05, 0) is 25.5 Å². The van der Waals surface area contributed by atoms with Gasteiger partial charge in [0.15, 0.2) is 0 Å². The third-order valence-electron chi connectivity index (χ3n) is 2.84. The van der Waals surface area contributed by atoms with E-state index in [9.17, 15) is 9.90 Å². The highest BCUT2D eigenvalue weighted by atomic mass is 16.3. The van der Waals surface area contributed by atoms with Crippen LogP contribution in [0.2, 0.25) is 0 Å². The van der Waals surface area contributed by atoms with Crippen molar-refractivity contribution in [3.8, 4) is 6.07 Å². The van der Waals surface area contributed by atoms with Crippen LogP contribution in [0.3, 0.4) is 0 Å². The molecule has 17 heavy (non-hydrogen) atoms. The smallest absolute Gasteiger partial charge is 0.258 e. The largest absolute Gasteiger partial charge is 0.380 e. The molecule has 0 radical (unpaired) electrons. The molecule has 90 valence electrons. The molecule has 1 amide bonds. The SMILES string of the molecule is CCC(C)(O)C(=O)N(C)c1ccccc1C#N. The average molecular weight is 232 g/mol. The molecule has 0 aliphatic carbocycles. The fourth-order valence-electron chi connectivity index (χ4n) is 1.48. The van der Waals surface area contributed by atoms with Crippen LogP contribution in [0, 0.1) is 11.3 Å². The fraction of sp³-hybridized carbons (Fsp3) is 0.385. The van der Waals surface area contributed by atoms with Gasteiger partial charge in [0.05, 0.1) is 11.3 Å². The summed E-state index contributed by atoms with van der Waals surface area (Å²) in [6, 6.07) is 8.83. The molecule has 0 heterocycles. The van der Waals surface area contributed by atoms with E-state index < -0.39 is 11.5 Å². The van der Waals surface area contributed by atoms with Gasteiger partial charge in [0.25, 0.3) is 5.91 Å². The van der Waals surface area contributed by atoms with Crippen molar-refractivity contribution in [1.29, 1.82) is 5.26 Å². The maximum absolute atomic E-state index is 12.0. The summed E-state index contributed by atoms with van der Waals surface area (Å²) in [6.07, 6.45) is 0.324. The summed E-state index contributed by atoms with van der Waals surface area (Å²) in [4.78, 5) is 13.4. The Labute approximate surface area is 101 Å². The first-order chi connectivity index (χ1) is 7.94. The minimum atomic E-state index is -1.41. The Bertz CT molecular complexity index is 461. The van der Waals surface area contributed by atoms with E-state index in [1.165, 1.54) is 11.8 Å². The van der Waals surface area contributed by atoms with Gasteiger partial charge in [-0.3, -0.25) is 4.79 Å². The molecule has 0 spiro atoms. The first-order valence-electron chi connectivity index (χ1n) is 5.43. The van der Waals surface area contributed by atoms with Gasteiger partial charge in [0.2, 0.25) is 0 Å². The van der Waals surface area contributed by atoms with Crippen LogP contribution >= 0.6 is 0 Å². The standard InChI is InChI=1S/C13H16N2O2/c1-4-13(2,17)12(16)15(3)11-8-6-5-7-10(11)9-14/h5-8,17H,4H2,1-3H3. The van der Waals surface area contributed by atoms with E-state index in [0.29, 0.717) is 17.7 Å². The number of hydrogen-bond donors (Lipinski definition) is 1. The number of benzene rings is 1. The lowest BCUT2D eigenvalue weighted by molar-refractivity contribution is -0.135. The van der Waals surface area contributed by atoms with E-state index in [-0.39, 0.29) is 0 Å². The predicted octanol–water partition coefficient (Wildman–Crippen LogP) is 1.68. The van der Waals surface area contributed by atoms with Crippen molar-refractivity contribution in [2.75, 3.05) is 11.9 Å². The van der Waals surface area contributed by atoms with Gasteiger partial charge >= 0.3 is 0 Å². The molecule has 0 aliphatic rings. The normalized spacial score (nSPS) is 13.6. The van der Waals surface area contributed by atoms with Crippen molar-refractivity contribution in [2.45, 2.75) is 25.9 Å². The van der Waals surface area contributed by atoms with Crippen LogP contribution in [-0.4, -0.2) is 23.7 Å². The lowest BCUT2D eigenvalue weighted by atomic mass is 10.0. The Kier molecular flexibility index (Phi) is 3.87. The van der Waals surface area contributed by atoms with Crippen molar-refractivity contribution in [3.05, 3.63) is 29.8 Å². The van der Waals surface area contributed by atoms with Crippen molar-refractivity contribution < 1.29 is 9.90 Å². The van der Waals surface area contributed by atoms with Gasteiger partial charge in [-0.1, -0.05) is 19.1 Å². The summed E-state index contributed by atoms with van der Waals surface area (Å²) in [5.74, 6) is -0.414. The van der Waals surface area contributed by atoms with Crippen LogP contribution in [0.1, 0.15) is 25.8 Å². The molecule has 0 aliphatic heterocycles. The lowest BCUT2D eigenvalue weighted by Gasteiger charge is -2.27. The molecule has 1 atom stereocenters. The topological polar surface area (TPSA) is 64.3 Å². The molecule has 1 aromatic rings. The Morgan fingerprint density at radius 2 is 2.12 bits per heavy atom. The number of likely N-dealkylation sites (N-methyl/N-ethyl adjacent to an activating group) is 1. The van der Waals surface area contributed by atoms with E-state index in [0.717, 1.165) is 0 Å². The van der Waals surface area contributed by atoms with Gasteiger partial charge in [-0.25, -0.2) is 0 Å². The van der Waals surface area contributed by atoms with E-state index in [1.807, 2.05) is 6.07 Å². The molecule has 4 heteroatoms. The van der Waals surface area contributed by atoms with Crippen molar-refractivity contribution in [1.82, 2.24) is 0 Å². The van der Waals surface area contributed by atoms with E-state index in [2.05, 4.69) is 0 Å². The molecule has 0 saturated carbocycles. The average Bonchev–Trinajstić information content (AvgIpc) is 2.36. The number of amides is 1. The van der Waals surface area contributed by atoms with Crippen molar-refractivity contribution in [3.63, 3.8) is 0 Å². The summed E-state index contributed by atoms with van der Waals surface area (Å²) < 4.78 is 0. The van der Waals surface area contributed by atoms with E-state index in [1.54, 1.807) is 38.2 Å². The number of para-hydroxylation sites is 1. The van der Waals surface area contributed by atoms with Gasteiger partial charge < -0.3 is 10.0 Å². The minimum Gasteiger partial charge on any atom is -0.380 e. The molecule has 1 unspecified atom stereocenters. The first-order valence-corrected chi connectivity index (χ1v) is 5.43. The Hall–Kier alpha value is -1.86. The van der Waals surface area contributed by atoms with E-state index >= 15 is 0 Å². The quantitative estimate of drug-likeness (QED) is 0.862. The number of nitrogens with zero attached hydrogens (tertiary/aromatic N) is 2. The maximum atomic E-state index is 12.0. The van der Waals surface area contributed by atoms with Crippen LogP contribution < -0.4 is 4.90 Å². The molecule has 4 nitrogen and oxygen atoms in total. The van der Waals surface area contributed by atoms with Gasteiger partial charge in [0, 0.05) is 7.05 Å². The van der Waals surface area contributed by atoms with E-state index in [4.69, 9.17) is 5.26 Å². The van der Waals surface area contributed by atoms with Gasteiger partial charge in [-0.15, -0.1) is 0 Å². The number of aliphatic hydroxyl groups is 1. The number of hydrogen-bond acceptors (Lipinski definition) is 3. The number of carbonyl (C=O) groups is 1. The highest BCUT2D eigenvalue weighted by Crippen LogP contribution is 2.22. The minimum absolute atomic E-state index is 0.324. The highest BCUT2D eigenvalue weighted by molar-refractivity contribution is 5.99. The summed E-state index contributed by atoms with van der Waals surface area (Å²) in [6.45, 7) is 3.21. The molecule has 1 N–H and O–H groups in total. The molecule has 0 fully saturated rings. The van der Waals surface area contributed by atoms with Crippen molar-refractivity contribution in [2.24, 2.45) is 0 Å². The summed E-state index contributed by atoms with van der Waals surface area (Å²) in [5.41, 5.74) is -0.485. The molecule has 1 rings (SSSR count). The molecule has 0 saturated heterocycles. The Balaban J connectivity index is 3.10. The maximum Gasteiger partial charge on any atom is 0.258 e.